The summed E-state index contributed by atoms with van der Waals surface area (Å²) in [6, 6.07) is 0. The van der Waals surface area contributed by atoms with Gasteiger partial charge in [0.25, 0.3) is 0 Å². The predicted molar refractivity (Wildman–Crippen MR) is 63.0 cm³/mol. The van der Waals surface area contributed by atoms with Gasteiger partial charge >= 0.3 is 0 Å². The maximum Gasteiger partial charge on any atom is 0.0964 e. The molecule has 90 valence electrons. The lowest BCUT2D eigenvalue weighted by Crippen LogP contribution is -2.07. The Morgan fingerprint density at radius 2 is 2.44 bits per heavy atom. The van der Waals surface area contributed by atoms with Gasteiger partial charge in [0.1, 0.15) is 0 Å². The predicted octanol–water partition coefficient (Wildman–Crippen LogP) is 0.980. The highest BCUT2D eigenvalue weighted by Crippen LogP contribution is 1.94. The molecule has 0 bridgehead atoms. The molecule has 0 aliphatic heterocycles. The molecular weight excluding hydrogens is 204 g/mol. The SMILES string of the molecule is C=CCCCOCCn1cc(CNC)nn1. The molecular formula is C11H20N4O. The van der Waals surface area contributed by atoms with Crippen LogP contribution in [0.25, 0.3) is 0 Å². The highest BCUT2D eigenvalue weighted by atomic mass is 16.5. The van der Waals surface area contributed by atoms with Gasteiger partial charge in [0, 0.05) is 19.3 Å². The fourth-order valence-corrected chi connectivity index (χ4v) is 1.30. The number of rotatable bonds is 9. The maximum absolute atomic E-state index is 5.46. The van der Waals surface area contributed by atoms with E-state index in [2.05, 4.69) is 22.2 Å². The van der Waals surface area contributed by atoms with Crippen LogP contribution in [0.15, 0.2) is 18.9 Å². The van der Waals surface area contributed by atoms with Crippen LogP contribution in [0.1, 0.15) is 18.5 Å². The fraction of sp³-hybridized carbons (Fsp3) is 0.636. The maximum atomic E-state index is 5.46. The highest BCUT2D eigenvalue weighted by molar-refractivity contribution is 4.90. The van der Waals surface area contributed by atoms with Crippen LogP contribution in [0.2, 0.25) is 0 Å². The Hall–Kier alpha value is -1.20. The third-order valence-corrected chi connectivity index (χ3v) is 2.11. The third kappa shape index (κ3) is 5.04. The summed E-state index contributed by atoms with van der Waals surface area (Å²) in [5.41, 5.74) is 0.953. The van der Waals surface area contributed by atoms with Gasteiger partial charge < -0.3 is 10.1 Å². The number of aromatic nitrogens is 3. The van der Waals surface area contributed by atoms with Crippen molar-refractivity contribution in [3.05, 3.63) is 24.5 Å². The first-order valence-electron chi connectivity index (χ1n) is 5.59. The van der Waals surface area contributed by atoms with Crippen molar-refractivity contribution in [3.63, 3.8) is 0 Å². The second-order valence-corrected chi connectivity index (χ2v) is 3.55. The summed E-state index contributed by atoms with van der Waals surface area (Å²) in [5.74, 6) is 0. The van der Waals surface area contributed by atoms with Gasteiger partial charge in [-0.3, -0.25) is 0 Å². The van der Waals surface area contributed by atoms with E-state index in [1.54, 1.807) is 4.68 Å². The first-order chi connectivity index (χ1) is 7.86. The summed E-state index contributed by atoms with van der Waals surface area (Å²) in [5, 5.41) is 11.0. The summed E-state index contributed by atoms with van der Waals surface area (Å²) in [4.78, 5) is 0. The number of unbranched alkanes of at least 4 members (excludes halogenated alkanes) is 1. The van der Waals surface area contributed by atoms with Crippen molar-refractivity contribution in [2.75, 3.05) is 20.3 Å². The molecule has 16 heavy (non-hydrogen) atoms. The summed E-state index contributed by atoms with van der Waals surface area (Å²) >= 11 is 0. The van der Waals surface area contributed by atoms with Gasteiger partial charge in [0.15, 0.2) is 0 Å². The van der Waals surface area contributed by atoms with E-state index in [1.807, 2.05) is 19.3 Å². The smallest absolute Gasteiger partial charge is 0.0964 e. The molecule has 0 unspecified atom stereocenters. The van der Waals surface area contributed by atoms with Crippen molar-refractivity contribution < 1.29 is 4.74 Å². The number of hydrogen-bond acceptors (Lipinski definition) is 4. The zero-order valence-electron chi connectivity index (χ0n) is 9.85. The van der Waals surface area contributed by atoms with Crippen LogP contribution in [-0.2, 0) is 17.8 Å². The Morgan fingerprint density at radius 1 is 1.56 bits per heavy atom. The van der Waals surface area contributed by atoms with E-state index in [0.717, 1.165) is 38.2 Å². The molecule has 0 saturated carbocycles. The standard InChI is InChI=1S/C11H20N4O/c1-3-4-5-7-16-8-6-15-10-11(9-12-2)13-14-15/h3,10,12H,1,4-9H2,2H3. The van der Waals surface area contributed by atoms with Gasteiger partial charge in [-0.2, -0.15) is 0 Å². The Balaban J connectivity index is 2.09. The van der Waals surface area contributed by atoms with Gasteiger partial charge in [-0.1, -0.05) is 11.3 Å². The van der Waals surface area contributed by atoms with Crippen LogP contribution in [0.4, 0.5) is 0 Å². The van der Waals surface area contributed by atoms with Crippen LogP contribution in [0.3, 0.4) is 0 Å². The molecule has 1 aromatic heterocycles. The lowest BCUT2D eigenvalue weighted by molar-refractivity contribution is 0.121. The van der Waals surface area contributed by atoms with Crippen LogP contribution < -0.4 is 5.32 Å². The largest absolute Gasteiger partial charge is 0.380 e. The molecule has 0 fully saturated rings. The average molecular weight is 224 g/mol. The molecule has 0 aromatic carbocycles. The minimum absolute atomic E-state index is 0.680. The first-order valence-corrected chi connectivity index (χ1v) is 5.59. The van der Waals surface area contributed by atoms with E-state index in [0.29, 0.717) is 6.61 Å². The van der Waals surface area contributed by atoms with Crippen molar-refractivity contribution in [2.24, 2.45) is 0 Å². The van der Waals surface area contributed by atoms with Crippen molar-refractivity contribution in [2.45, 2.75) is 25.9 Å². The number of nitrogens with zero attached hydrogens (tertiary/aromatic N) is 3. The molecule has 1 rings (SSSR count). The summed E-state index contributed by atoms with van der Waals surface area (Å²) < 4.78 is 7.26. The normalized spacial score (nSPS) is 10.6. The van der Waals surface area contributed by atoms with E-state index in [1.165, 1.54) is 0 Å². The zero-order chi connectivity index (χ0) is 11.6. The molecule has 0 aliphatic rings. The first kappa shape index (κ1) is 12.9. The Bertz CT molecular complexity index is 298. The topological polar surface area (TPSA) is 52.0 Å². The zero-order valence-corrected chi connectivity index (χ0v) is 9.85. The third-order valence-electron chi connectivity index (χ3n) is 2.11. The lowest BCUT2D eigenvalue weighted by atomic mass is 10.3. The van der Waals surface area contributed by atoms with E-state index in [4.69, 9.17) is 4.74 Å². The summed E-state index contributed by atoms with van der Waals surface area (Å²) in [6.45, 7) is 6.63. The minimum atomic E-state index is 0.680. The molecule has 0 saturated heterocycles. The van der Waals surface area contributed by atoms with E-state index in [-0.39, 0.29) is 0 Å². The molecule has 5 heteroatoms. The number of ether oxygens (including phenoxy) is 1. The summed E-state index contributed by atoms with van der Waals surface area (Å²) in [6.07, 6.45) is 5.88. The summed E-state index contributed by atoms with van der Waals surface area (Å²) in [7, 11) is 1.89. The quantitative estimate of drug-likeness (QED) is 0.502. The van der Waals surface area contributed by atoms with E-state index >= 15 is 0 Å². The molecule has 0 spiro atoms. The van der Waals surface area contributed by atoms with Crippen molar-refractivity contribution in [1.82, 2.24) is 20.3 Å². The average Bonchev–Trinajstić information content (AvgIpc) is 2.72. The molecule has 0 atom stereocenters. The van der Waals surface area contributed by atoms with E-state index in [9.17, 15) is 0 Å². The van der Waals surface area contributed by atoms with Crippen LogP contribution >= 0.6 is 0 Å². The molecule has 0 aliphatic carbocycles. The second-order valence-electron chi connectivity index (χ2n) is 3.55. The van der Waals surface area contributed by atoms with Crippen LogP contribution in [0.5, 0.6) is 0 Å². The Morgan fingerprint density at radius 3 is 3.19 bits per heavy atom. The highest BCUT2D eigenvalue weighted by Gasteiger charge is 1.98. The molecule has 1 heterocycles. The number of allylic oxidation sites excluding steroid dienone is 1. The van der Waals surface area contributed by atoms with Crippen molar-refractivity contribution >= 4 is 0 Å². The fourth-order valence-electron chi connectivity index (χ4n) is 1.30. The Kier molecular flexibility index (Phi) is 6.44. The number of nitrogens with one attached hydrogen (secondary N) is 1. The van der Waals surface area contributed by atoms with E-state index < -0.39 is 0 Å². The van der Waals surface area contributed by atoms with Gasteiger partial charge in [-0.05, 0) is 19.9 Å². The monoisotopic (exact) mass is 224 g/mol. The molecule has 1 aromatic rings. The van der Waals surface area contributed by atoms with Gasteiger partial charge in [-0.15, -0.1) is 11.7 Å². The van der Waals surface area contributed by atoms with Crippen molar-refractivity contribution in [1.29, 1.82) is 0 Å². The van der Waals surface area contributed by atoms with Gasteiger partial charge in [0.05, 0.1) is 18.8 Å². The van der Waals surface area contributed by atoms with Gasteiger partial charge in [-0.25, -0.2) is 4.68 Å². The molecule has 0 amide bonds. The molecule has 1 N–H and O–H groups in total. The van der Waals surface area contributed by atoms with Gasteiger partial charge in [0.2, 0.25) is 0 Å². The number of hydrogen-bond donors (Lipinski definition) is 1. The minimum Gasteiger partial charge on any atom is -0.380 e. The second kappa shape index (κ2) is 8.01. The molecule has 0 radical (unpaired) electrons. The lowest BCUT2D eigenvalue weighted by Gasteiger charge is -2.02. The molecule has 5 nitrogen and oxygen atoms in total. The van der Waals surface area contributed by atoms with Crippen molar-refractivity contribution in [3.8, 4) is 0 Å². The van der Waals surface area contributed by atoms with Crippen LogP contribution in [0, 0.1) is 0 Å². The van der Waals surface area contributed by atoms with Crippen LogP contribution in [-0.4, -0.2) is 35.3 Å². The Labute approximate surface area is 96.5 Å².